The van der Waals surface area contributed by atoms with Crippen LogP contribution in [-0.4, -0.2) is 32.4 Å². The Bertz CT molecular complexity index is 1080. The Morgan fingerprint density at radius 2 is 2.10 bits per heavy atom. The van der Waals surface area contributed by atoms with E-state index in [1.807, 2.05) is 32.9 Å². The lowest BCUT2D eigenvalue weighted by Gasteiger charge is -2.14. The molecule has 0 fully saturated rings. The van der Waals surface area contributed by atoms with Crippen LogP contribution in [0, 0.1) is 0 Å². The van der Waals surface area contributed by atoms with Crippen molar-refractivity contribution < 1.29 is 4.79 Å². The van der Waals surface area contributed by atoms with E-state index in [2.05, 4.69) is 21.9 Å². The first-order valence-electron chi connectivity index (χ1n) is 9.94. The van der Waals surface area contributed by atoms with Crippen LogP contribution in [0.2, 0.25) is 0 Å². The molecule has 3 aromatic rings. The number of nitrogens with one attached hydrogen (secondary N) is 2. The Balaban J connectivity index is 1.82. The number of hydrogen-bond acceptors (Lipinski definition) is 4. The molecule has 7 heteroatoms. The van der Waals surface area contributed by atoms with Crippen molar-refractivity contribution in [3.05, 3.63) is 71.1 Å². The van der Waals surface area contributed by atoms with Crippen molar-refractivity contribution in [2.45, 2.75) is 39.5 Å². The summed E-state index contributed by atoms with van der Waals surface area (Å²) in [6, 6.07) is 5.37. The van der Waals surface area contributed by atoms with Gasteiger partial charge in [-0.15, -0.1) is 6.58 Å². The van der Waals surface area contributed by atoms with Crippen LogP contribution in [0.4, 0.5) is 0 Å². The standard InChI is InChI=1S/C23H26ClN5O/c1-5-14(2)21-22(15(3)16(4)24)29-19-13-17(8-9-18(19)28-21)23(30)27-10-6-7-20-25-11-12-26-20/h5,8-9,11-14H,1,6-7,10H2,2-4H3,(H,25,26)(H,27,30). The predicted octanol–water partition coefficient (Wildman–Crippen LogP) is 4.99. The molecule has 0 bridgehead atoms. The second-order valence-electron chi connectivity index (χ2n) is 7.24. The number of amides is 1. The summed E-state index contributed by atoms with van der Waals surface area (Å²) < 4.78 is 0. The highest BCUT2D eigenvalue weighted by Crippen LogP contribution is 2.29. The predicted molar refractivity (Wildman–Crippen MR) is 122 cm³/mol. The van der Waals surface area contributed by atoms with Crippen molar-refractivity contribution in [3.8, 4) is 0 Å². The molecule has 2 heterocycles. The minimum Gasteiger partial charge on any atom is -0.352 e. The maximum atomic E-state index is 12.6. The Morgan fingerprint density at radius 3 is 2.77 bits per heavy atom. The molecule has 156 valence electrons. The van der Waals surface area contributed by atoms with E-state index in [-0.39, 0.29) is 11.8 Å². The number of hydrogen-bond donors (Lipinski definition) is 2. The number of H-pyrrole nitrogens is 1. The second kappa shape index (κ2) is 9.67. The van der Waals surface area contributed by atoms with Gasteiger partial charge in [0.2, 0.25) is 0 Å². The van der Waals surface area contributed by atoms with E-state index < -0.39 is 0 Å². The summed E-state index contributed by atoms with van der Waals surface area (Å²) in [6.07, 6.45) is 6.94. The lowest BCUT2D eigenvalue weighted by molar-refractivity contribution is 0.0953. The molecule has 1 aromatic carbocycles. The van der Waals surface area contributed by atoms with E-state index in [9.17, 15) is 4.79 Å². The van der Waals surface area contributed by atoms with Gasteiger partial charge in [-0.3, -0.25) is 4.79 Å². The summed E-state index contributed by atoms with van der Waals surface area (Å²) in [5.74, 6) is 0.810. The molecule has 2 N–H and O–H groups in total. The Labute approximate surface area is 181 Å². The molecule has 0 saturated carbocycles. The Morgan fingerprint density at radius 1 is 1.30 bits per heavy atom. The summed E-state index contributed by atoms with van der Waals surface area (Å²) in [6.45, 7) is 10.2. The van der Waals surface area contributed by atoms with Gasteiger partial charge in [0.1, 0.15) is 5.82 Å². The van der Waals surface area contributed by atoms with Crippen molar-refractivity contribution in [1.82, 2.24) is 25.3 Å². The van der Waals surface area contributed by atoms with Crippen molar-refractivity contribution in [1.29, 1.82) is 0 Å². The van der Waals surface area contributed by atoms with Gasteiger partial charge >= 0.3 is 0 Å². The molecule has 2 aromatic heterocycles. The van der Waals surface area contributed by atoms with Crippen molar-refractivity contribution in [3.63, 3.8) is 0 Å². The van der Waals surface area contributed by atoms with Gasteiger partial charge < -0.3 is 10.3 Å². The van der Waals surface area contributed by atoms with Crippen LogP contribution in [-0.2, 0) is 6.42 Å². The van der Waals surface area contributed by atoms with Crippen LogP contribution in [0.3, 0.4) is 0 Å². The number of halogens is 1. The van der Waals surface area contributed by atoms with E-state index >= 15 is 0 Å². The Hall–Kier alpha value is -2.99. The number of nitrogens with zero attached hydrogens (tertiary/aromatic N) is 3. The molecule has 0 radical (unpaired) electrons. The van der Waals surface area contributed by atoms with Gasteiger partial charge in [0.15, 0.2) is 0 Å². The molecule has 0 aliphatic carbocycles. The normalized spacial score (nSPS) is 13.1. The van der Waals surface area contributed by atoms with Gasteiger partial charge in [-0.25, -0.2) is 15.0 Å². The largest absolute Gasteiger partial charge is 0.352 e. The minimum absolute atomic E-state index is 0.0278. The zero-order chi connectivity index (χ0) is 21.7. The molecule has 0 aliphatic rings. The van der Waals surface area contributed by atoms with Crippen LogP contribution in [0.1, 0.15) is 60.7 Å². The first kappa shape index (κ1) is 21.7. The third-order valence-corrected chi connectivity index (χ3v) is 5.32. The van der Waals surface area contributed by atoms with Crippen LogP contribution in [0.25, 0.3) is 16.6 Å². The zero-order valence-corrected chi connectivity index (χ0v) is 18.3. The van der Waals surface area contributed by atoms with E-state index in [0.717, 1.165) is 41.1 Å². The Kier molecular flexibility index (Phi) is 7.00. The number of allylic oxidation sites excluding steroid dienone is 3. The molecule has 0 saturated heterocycles. The summed E-state index contributed by atoms with van der Waals surface area (Å²) in [4.78, 5) is 29.4. The highest BCUT2D eigenvalue weighted by molar-refractivity contribution is 6.32. The highest BCUT2D eigenvalue weighted by Gasteiger charge is 2.17. The van der Waals surface area contributed by atoms with Crippen LogP contribution in [0.15, 0.2) is 48.3 Å². The first-order valence-corrected chi connectivity index (χ1v) is 10.3. The van der Waals surface area contributed by atoms with Gasteiger partial charge in [0, 0.05) is 41.9 Å². The monoisotopic (exact) mass is 423 g/mol. The topological polar surface area (TPSA) is 83.6 Å². The number of rotatable bonds is 8. The van der Waals surface area contributed by atoms with E-state index in [4.69, 9.17) is 21.6 Å². The number of carbonyl (C=O) groups excluding carboxylic acids is 1. The molecular weight excluding hydrogens is 398 g/mol. The molecule has 30 heavy (non-hydrogen) atoms. The smallest absolute Gasteiger partial charge is 0.251 e. The fourth-order valence-corrected chi connectivity index (χ4v) is 3.16. The third-order valence-electron chi connectivity index (χ3n) is 5.04. The number of aromatic nitrogens is 4. The average molecular weight is 424 g/mol. The summed E-state index contributed by atoms with van der Waals surface area (Å²) in [5, 5.41) is 3.61. The molecule has 0 spiro atoms. The first-order chi connectivity index (χ1) is 14.4. The molecule has 6 nitrogen and oxygen atoms in total. The number of fused-ring (bicyclic) bond motifs is 1. The van der Waals surface area contributed by atoms with E-state index in [0.29, 0.717) is 22.7 Å². The van der Waals surface area contributed by atoms with Gasteiger partial charge in [0.25, 0.3) is 5.91 Å². The molecular formula is C23H26ClN5O. The number of aromatic amines is 1. The van der Waals surface area contributed by atoms with Crippen LogP contribution >= 0.6 is 11.6 Å². The number of carbonyl (C=O) groups is 1. The van der Waals surface area contributed by atoms with Crippen molar-refractivity contribution >= 4 is 34.1 Å². The number of aryl methyl sites for hydroxylation is 1. The summed E-state index contributed by atoms with van der Waals surface area (Å²) in [5.41, 5.74) is 4.36. The SMILES string of the molecule is C=CC(C)c1nc2ccc(C(=O)NCCCc3ncc[nH]3)cc2nc1C(C)=C(C)Cl. The van der Waals surface area contributed by atoms with Gasteiger partial charge in [-0.1, -0.05) is 24.6 Å². The third kappa shape index (κ3) is 4.94. The number of benzene rings is 1. The molecule has 1 amide bonds. The van der Waals surface area contributed by atoms with Crippen molar-refractivity contribution in [2.24, 2.45) is 0 Å². The molecule has 3 rings (SSSR count). The second-order valence-corrected chi connectivity index (χ2v) is 7.81. The van der Waals surface area contributed by atoms with Crippen LogP contribution in [0.5, 0.6) is 0 Å². The van der Waals surface area contributed by atoms with E-state index in [1.54, 1.807) is 24.5 Å². The minimum atomic E-state index is -0.135. The van der Waals surface area contributed by atoms with Gasteiger partial charge in [-0.2, -0.15) is 0 Å². The lowest BCUT2D eigenvalue weighted by Crippen LogP contribution is -2.24. The summed E-state index contributed by atoms with van der Waals surface area (Å²) >= 11 is 6.24. The summed E-state index contributed by atoms with van der Waals surface area (Å²) in [7, 11) is 0. The van der Waals surface area contributed by atoms with E-state index in [1.165, 1.54) is 0 Å². The molecule has 0 aliphatic heterocycles. The quantitative estimate of drug-likeness (QED) is 0.394. The molecule has 1 unspecified atom stereocenters. The average Bonchev–Trinajstić information content (AvgIpc) is 3.27. The number of imidazole rings is 1. The maximum Gasteiger partial charge on any atom is 0.251 e. The maximum absolute atomic E-state index is 12.6. The van der Waals surface area contributed by atoms with Crippen LogP contribution < -0.4 is 5.32 Å². The highest BCUT2D eigenvalue weighted by atomic mass is 35.5. The fourth-order valence-electron chi connectivity index (χ4n) is 3.07. The van der Waals surface area contributed by atoms with Gasteiger partial charge in [0.05, 0.1) is 22.4 Å². The molecule has 1 atom stereocenters. The lowest BCUT2D eigenvalue weighted by atomic mass is 10.0. The fraction of sp³-hybridized carbons (Fsp3) is 0.304. The van der Waals surface area contributed by atoms with Crippen molar-refractivity contribution in [2.75, 3.05) is 6.54 Å². The zero-order valence-electron chi connectivity index (χ0n) is 17.5. The van der Waals surface area contributed by atoms with Gasteiger partial charge in [-0.05, 0) is 44.0 Å².